The number of para-hydroxylation sites is 2. The zero-order chi connectivity index (χ0) is 24.6. The molecule has 4 rings (SSSR count). The minimum atomic E-state index is -1.37. The lowest BCUT2D eigenvalue weighted by molar-refractivity contribution is -0.132. The van der Waals surface area contributed by atoms with Crippen molar-refractivity contribution < 1.29 is 33.7 Å². The highest BCUT2D eigenvalue weighted by atomic mass is 35.5. The molecule has 0 spiro atoms. The minimum absolute atomic E-state index is 0.00456. The van der Waals surface area contributed by atoms with Crippen LogP contribution < -0.4 is 14.4 Å². The van der Waals surface area contributed by atoms with E-state index in [1.54, 1.807) is 6.07 Å². The molecule has 0 saturated carbocycles. The summed E-state index contributed by atoms with van der Waals surface area (Å²) in [6.45, 7) is 0. The number of carbonyl (C=O) groups is 2. The third-order valence-electron chi connectivity index (χ3n) is 5.51. The van der Waals surface area contributed by atoms with Gasteiger partial charge in [-0.25, -0.2) is 4.39 Å². The third kappa shape index (κ3) is 3.72. The van der Waals surface area contributed by atoms with Gasteiger partial charge < -0.3 is 19.7 Å². The average Bonchev–Trinajstić information content (AvgIpc) is 3.09. The quantitative estimate of drug-likeness (QED) is 0.306. The summed E-state index contributed by atoms with van der Waals surface area (Å²) in [7, 11) is 2.74. The number of hydrogen-bond acceptors (Lipinski definition) is 6. The molecule has 0 radical (unpaired) electrons. The van der Waals surface area contributed by atoms with Gasteiger partial charge in [0.25, 0.3) is 11.7 Å². The second-order valence-corrected chi connectivity index (χ2v) is 7.77. The fraction of sp³-hybridized carbons (Fsp3) is 0.120. The van der Waals surface area contributed by atoms with Crippen molar-refractivity contribution in [2.75, 3.05) is 19.1 Å². The summed E-state index contributed by atoms with van der Waals surface area (Å²) in [6.07, 6.45) is 0. The maximum Gasteiger partial charge on any atom is 0.300 e. The van der Waals surface area contributed by atoms with Crippen LogP contribution >= 0.6 is 11.6 Å². The summed E-state index contributed by atoms with van der Waals surface area (Å²) in [5.41, 5.74) is -0.454. The molecule has 7 nitrogen and oxygen atoms in total. The fourth-order valence-corrected chi connectivity index (χ4v) is 4.17. The maximum atomic E-state index is 15.0. The highest BCUT2D eigenvalue weighted by molar-refractivity contribution is 6.52. The number of rotatable bonds is 5. The smallest absolute Gasteiger partial charge is 0.300 e. The Labute approximate surface area is 199 Å². The van der Waals surface area contributed by atoms with Crippen LogP contribution in [0.1, 0.15) is 17.2 Å². The molecule has 2 N–H and O–H groups in total. The number of phenols is 1. The van der Waals surface area contributed by atoms with E-state index in [1.807, 2.05) is 0 Å². The van der Waals surface area contributed by atoms with Crippen LogP contribution in [0.25, 0.3) is 5.76 Å². The number of carbonyl (C=O) groups excluding carboxylic acids is 2. The zero-order valence-corrected chi connectivity index (χ0v) is 18.8. The number of methoxy groups -OCH3 is 2. The number of ketones is 1. The highest BCUT2D eigenvalue weighted by Gasteiger charge is 2.48. The largest absolute Gasteiger partial charge is 0.507 e. The van der Waals surface area contributed by atoms with Crippen molar-refractivity contribution in [3.63, 3.8) is 0 Å². The maximum absolute atomic E-state index is 15.0. The first-order valence-corrected chi connectivity index (χ1v) is 10.4. The number of aliphatic hydroxyl groups excluding tert-OH is 1. The van der Waals surface area contributed by atoms with E-state index in [1.165, 1.54) is 68.8 Å². The first-order chi connectivity index (χ1) is 16.3. The average molecular weight is 484 g/mol. The number of aliphatic hydroxyl groups is 1. The lowest BCUT2D eigenvalue weighted by atomic mass is 9.94. The number of nitrogens with zero attached hydrogens (tertiary/aromatic N) is 1. The second-order valence-electron chi connectivity index (χ2n) is 7.37. The van der Waals surface area contributed by atoms with Gasteiger partial charge in [0.15, 0.2) is 0 Å². The van der Waals surface area contributed by atoms with E-state index in [0.29, 0.717) is 0 Å². The molecule has 1 atom stereocenters. The van der Waals surface area contributed by atoms with Crippen LogP contribution in [-0.4, -0.2) is 36.1 Å². The Morgan fingerprint density at radius 2 is 1.65 bits per heavy atom. The molecule has 0 bridgehead atoms. The van der Waals surface area contributed by atoms with Gasteiger partial charge in [0.05, 0.1) is 42.1 Å². The van der Waals surface area contributed by atoms with Crippen molar-refractivity contribution in [1.29, 1.82) is 0 Å². The highest BCUT2D eigenvalue weighted by Crippen LogP contribution is 2.46. The predicted molar refractivity (Wildman–Crippen MR) is 124 cm³/mol. The Balaban J connectivity index is 2.03. The summed E-state index contributed by atoms with van der Waals surface area (Å²) in [4.78, 5) is 27.3. The van der Waals surface area contributed by atoms with E-state index in [9.17, 15) is 24.2 Å². The van der Waals surface area contributed by atoms with Gasteiger partial charge in [-0.1, -0.05) is 41.9 Å². The molecule has 1 fully saturated rings. The molecule has 3 aromatic rings. The molecule has 34 heavy (non-hydrogen) atoms. The third-order valence-corrected chi connectivity index (χ3v) is 5.81. The molecule has 174 valence electrons. The zero-order valence-electron chi connectivity index (χ0n) is 18.1. The number of phenolic OH excluding ortho intramolecular Hbond substituents is 1. The fourth-order valence-electron chi connectivity index (χ4n) is 3.93. The van der Waals surface area contributed by atoms with Crippen LogP contribution in [0.4, 0.5) is 10.1 Å². The normalized spacial score (nSPS) is 17.2. The number of anilines is 1. The van der Waals surface area contributed by atoms with Crippen molar-refractivity contribution in [3.05, 3.63) is 88.2 Å². The predicted octanol–water partition coefficient (Wildman–Crippen LogP) is 4.83. The number of amides is 1. The van der Waals surface area contributed by atoms with E-state index < -0.39 is 34.9 Å². The van der Waals surface area contributed by atoms with Crippen LogP contribution in [0.3, 0.4) is 0 Å². The molecule has 1 amide bonds. The van der Waals surface area contributed by atoms with Crippen LogP contribution in [0, 0.1) is 5.82 Å². The van der Waals surface area contributed by atoms with Crippen molar-refractivity contribution in [2.45, 2.75) is 6.04 Å². The van der Waals surface area contributed by atoms with Crippen LogP contribution in [-0.2, 0) is 9.59 Å². The van der Waals surface area contributed by atoms with Crippen molar-refractivity contribution in [2.24, 2.45) is 0 Å². The molecule has 3 aromatic carbocycles. The first-order valence-electron chi connectivity index (χ1n) is 10.1. The van der Waals surface area contributed by atoms with Gasteiger partial charge in [0.1, 0.15) is 28.8 Å². The topological polar surface area (TPSA) is 96.3 Å². The molecule has 0 aliphatic carbocycles. The summed E-state index contributed by atoms with van der Waals surface area (Å²) in [6, 6.07) is 12.8. The minimum Gasteiger partial charge on any atom is -0.507 e. The Morgan fingerprint density at radius 1 is 1.00 bits per heavy atom. The first kappa shape index (κ1) is 23.1. The molecule has 0 aromatic heterocycles. The Kier molecular flexibility index (Phi) is 6.17. The molecule has 1 saturated heterocycles. The molecular weight excluding hydrogens is 465 g/mol. The second kappa shape index (κ2) is 9.07. The summed E-state index contributed by atoms with van der Waals surface area (Å²) >= 11 is 6.23. The monoisotopic (exact) mass is 483 g/mol. The molecule has 1 unspecified atom stereocenters. The molecule has 1 heterocycles. The van der Waals surface area contributed by atoms with Crippen LogP contribution in [0.2, 0.25) is 5.02 Å². The van der Waals surface area contributed by atoms with Gasteiger partial charge in [0, 0.05) is 11.6 Å². The van der Waals surface area contributed by atoms with E-state index in [4.69, 9.17) is 21.1 Å². The van der Waals surface area contributed by atoms with Gasteiger partial charge in [-0.05, 0) is 24.3 Å². The summed E-state index contributed by atoms with van der Waals surface area (Å²) < 4.78 is 25.4. The summed E-state index contributed by atoms with van der Waals surface area (Å²) in [5, 5.41) is 21.8. The van der Waals surface area contributed by atoms with Crippen molar-refractivity contribution >= 4 is 34.7 Å². The lowest BCUT2D eigenvalue weighted by Crippen LogP contribution is -2.29. The number of aromatic hydroxyl groups is 1. The number of hydrogen-bond donors (Lipinski definition) is 2. The Morgan fingerprint density at radius 3 is 2.29 bits per heavy atom. The Hall–Kier alpha value is -4.04. The Bertz CT molecular complexity index is 1340. The van der Waals surface area contributed by atoms with Gasteiger partial charge in [-0.3, -0.25) is 14.5 Å². The number of halogens is 2. The van der Waals surface area contributed by atoms with Crippen molar-refractivity contribution in [1.82, 2.24) is 0 Å². The van der Waals surface area contributed by atoms with Crippen LogP contribution in [0.15, 0.2) is 66.2 Å². The molecule has 1 aliphatic rings. The number of ether oxygens (including phenoxy) is 2. The summed E-state index contributed by atoms with van der Waals surface area (Å²) in [5.74, 6) is -3.37. The van der Waals surface area contributed by atoms with Crippen LogP contribution in [0.5, 0.6) is 17.2 Å². The molecular formula is C25H19ClFNO6. The standard InChI is InChI=1S/C25H19ClFNO6/c1-33-19-12-20(34-2)15(26)11-14(19)23(30)21-22(13-7-3-4-8-16(13)27)28(25(32)24(21)31)17-9-5-6-10-18(17)29/h3-12,22,29-30H,1-2H3/b23-21+. The van der Waals surface area contributed by atoms with Gasteiger partial charge in [-0.15, -0.1) is 0 Å². The number of Topliss-reactive ketones (excluding diaryl/α,β-unsaturated/α-hetero) is 1. The molecule has 1 aliphatic heterocycles. The van der Waals surface area contributed by atoms with E-state index in [0.717, 1.165) is 4.90 Å². The van der Waals surface area contributed by atoms with Gasteiger partial charge in [0.2, 0.25) is 0 Å². The number of benzene rings is 3. The van der Waals surface area contributed by atoms with E-state index in [-0.39, 0.29) is 39.1 Å². The van der Waals surface area contributed by atoms with Gasteiger partial charge in [-0.2, -0.15) is 0 Å². The van der Waals surface area contributed by atoms with Gasteiger partial charge >= 0.3 is 0 Å². The van der Waals surface area contributed by atoms with E-state index >= 15 is 0 Å². The molecule has 9 heteroatoms. The SMILES string of the molecule is COc1cc(OC)c(/C(O)=C2\C(=O)C(=O)N(c3ccccc3O)C2c2ccccc2F)cc1Cl. The van der Waals surface area contributed by atoms with Crippen molar-refractivity contribution in [3.8, 4) is 17.2 Å². The van der Waals surface area contributed by atoms with E-state index in [2.05, 4.69) is 0 Å². The lowest BCUT2D eigenvalue weighted by Gasteiger charge is -2.26.